The Morgan fingerprint density at radius 3 is 1.14 bits per heavy atom. The van der Waals surface area contributed by atoms with Gasteiger partial charge >= 0.3 is 0 Å². The van der Waals surface area contributed by atoms with Crippen LogP contribution in [0.1, 0.15) is 72.2 Å². The van der Waals surface area contributed by atoms with Gasteiger partial charge in [0.05, 0.1) is 0 Å². The summed E-state index contributed by atoms with van der Waals surface area (Å²) >= 11 is 0. The van der Waals surface area contributed by atoms with Gasteiger partial charge in [0.2, 0.25) is 0 Å². The summed E-state index contributed by atoms with van der Waals surface area (Å²) in [5, 5.41) is 0. The smallest absolute Gasteiger partial charge is 0.0159 e. The van der Waals surface area contributed by atoms with Crippen LogP contribution >= 0.6 is 0 Å². The first-order chi connectivity index (χ1) is 16.9. The average Bonchev–Trinajstić information content (AvgIpc) is 3.10. The zero-order valence-electron chi connectivity index (χ0n) is 21.9. The van der Waals surface area contributed by atoms with E-state index in [0.717, 1.165) is 0 Å². The number of benzene rings is 4. The fourth-order valence-electron chi connectivity index (χ4n) is 4.72. The van der Waals surface area contributed by atoms with Crippen molar-refractivity contribution in [2.45, 2.75) is 47.0 Å². The molecule has 5 rings (SSSR count). The van der Waals surface area contributed by atoms with Crippen molar-refractivity contribution in [3.05, 3.63) is 129 Å². The quantitative estimate of drug-likeness (QED) is 0.268. The fourth-order valence-corrected chi connectivity index (χ4v) is 4.72. The van der Waals surface area contributed by atoms with Crippen LogP contribution in [0.2, 0.25) is 0 Å². The van der Waals surface area contributed by atoms with Gasteiger partial charge < -0.3 is 0 Å². The molecule has 4 aromatic rings. The normalized spacial score (nSPS) is 13.4. The monoisotopic (exact) mass is 456 g/mol. The number of hydrogen-bond acceptors (Lipinski definition) is 0. The standard InChI is InChI=1S/C33H30.C2H6/c1-23-5-9-25(10-6-23)13-15-27-17-19-29-30-20-18-28(16-14-26-11-7-24(2)8-12-26)22-32(30)33(3,4)31(29)21-27;1-2/h5-22H,1-4H3;1-2H3. The van der Waals surface area contributed by atoms with Crippen molar-refractivity contribution in [2.75, 3.05) is 0 Å². The van der Waals surface area contributed by atoms with E-state index in [1.165, 1.54) is 55.6 Å². The van der Waals surface area contributed by atoms with Crippen molar-refractivity contribution in [2.24, 2.45) is 0 Å². The van der Waals surface area contributed by atoms with E-state index >= 15 is 0 Å². The minimum atomic E-state index is -0.0217. The summed E-state index contributed by atoms with van der Waals surface area (Å²) < 4.78 is 0. The van der Waals surface area contributed by atoms with Gasteiger partial charge in [0, 0.05) is 5.41 Å². The van der Waals surface area contributed by atoms with E-state index < -0.39 is 0 Å². The molecule has 0 heteroatoms. The molecule has 0 N–H and O–H groups in total. The summed E-state index contributed by atoms with van der Waals surface area (Å²) in [4.78, 5) is 0. The summed E-state index contributed by atoms with van der Waals surface area (Å²) in [6.45, 7) is 12.9. The molecule has 0 bridgehead atoms. The predicted octanol–water partition coefficient (Wildman–Crippen LogP) is 9.98. The molecule has 0 radical (unpaired) electrons. The Labute approximate surface area is 211 Å². The van der Waals surface area contributed by atoms with E-state index in [1.807, 2.05) is 13.8 Å². The lowest BCUT2D eigenvalue weighted by Crippen LogP contribution is -2.15. The molecule has 0 heterocycles. The van der Waals surface area contributed by atoms with Crippen LogP contribution in [-0.2, 0) is 5.41 Å². The summed E-state index contributed by atoms with van der Waals surface area (Å²) in [7, 11) is 0. The highest BCUT2D eigenvalue weighted by atomic mass is 14.4. The largest absolute Gasteiger partial charge is 0.0683 e. The number of hydrogen-bond donors (Lipinski definition) is 0. The van der Waals surface area contributed by atoms with E-state index in [4.69, 9.17) is 0 Å². The second kappa shape index (κ2) is 10.3. The van der Waals surface area contributed by atoms with E-state index in [2.05, 4.69) is 137 Å². The molecule has 0 saturated carbocycles. The molecule has 0 aromatic heterocycles. The molecule has 0 atom stereocenters. The summed E-state index contributed by atoms with van der Waals surface area (Å²) in [5.41, 5.74) is 13.0. The lowest BCUT2D eigenvalue weighted by Gasteiger charge is -2.22. The van der Waals surface area contributed by atoms with Crippen LogP contribution < -0.4 is 0 Å². The van der Waals surface area contributed by atoms with Gasteiger partial charge in [0.25, 0.3) is 0 Å². The molecule has 0 unspecified atom stereocenters. The maximum atomic E-state index is 2.36. The lowest BCUT2D eigenvalue weighted by molar-refractivity contribution is 0.660. The molecule has 0 amide bonds. The zero-order valence-corrected chi connectivity index (χ0v) is 21.9. The topological polar surface area (TPSA) is 0 Å². The molecule has 176 valence electrons. The Morgan fingerprint density at radius 2 is 0.771 bits per heavy atom. The Balaban J connectivity index is 0.00000141. The Kier molecular flexibility index (Phi) is 7.22. The first-order valence-electron chi connectivity index (χ1n) is 12.7. The fraction of sp³-hybridized carbons (Fsp3) is 0.200. The van der Waals surface area contributed by atoms with Crippen molar-refractivity contribution < 1.29 is 0 Å². The van der Waals surface area contributed by atoms with Crippen LogP contribution in [-0.4, -0.2) is 0 Å². The maximum Gasteiger partial charge on any atom is 0.0159 e. The van der Waals surface area contributed by atoms with E-state index in [-0.39, 0.29) is 5.41 Å². The van der Waals surface area contributed by atoms with Crippen LogP contribution in [0, 0.1) is 13.8 Å². The van der Waals surface area contributed by atoms with Crippen LogP contribution in [0.4, 0.5) is 0 Å². The second-order valence-electron chi connectivity index (χ2n) is 9.72. The molecule has 0 aliphatic heterocycles. The predicted molar refractivity (Wildman–Crippen MR) is 156 cm³/mol. The van der Waals surface area contributed by atoms with Crippen LogP contribution in [0.25, 0.3) is 35.4 Å². The van der Waals surface area contributed by atoms with Crippen molar-refractivity contribution >= 4 is 24.3 Å². The number of rotatable bonds is 4. The molecule has 1 aliphatic rings. The van der Waals surface area contributed by atoms with Crippen molar-refractivity contribution in [3.63, 3.8) is 0 Å². The van der Waals surface area contributed by atoms with Gasteiger partial charge in [-0.05, 0) is 58.4 Å². The van der Waals surface area contributed by atoms with Gasteiger partial charge in [-0.15, -0.1) is 0 Å². The molecule has 35 heavy (non-hydrogen) atoms. The van der Waals surface area contributed by atoms with Gasteiger partial charge in [0.15, 0.2) is 0 Å². The highest BCUT2D eigenvalue weighted by molar-refractivity contribution is 5.84. The Hall–Kier alpha value is -3.64. The van der Waals surface area contributed by atoms with E-state index in [1.54, 1.807) is 0 Å². The van der Waals surface area contributed by atoms with Crippen molar-refractivity contribution in [1.29, 1.82) is 0 Å². The average molecular weight is 457 g/mol. The third-order valence-corrected chi connectivity index (χ3v) is 6.82. The van der Waals surface area contributed by atoms with Crippen LogP contribution in [0.3, 0.4) is 0 Å². The number of fused-ring (bicyclic) bond motifs is 3. The first-order valence-corrected chi connectivity index (χ1v) is 12.7. The summed E-state index contributed by atoms with van der Waals surface area (Å²) in [6.07, 6.45) is 8.84. The first kappa shape index (κ1) is 24.5. The third kappa shape index (κ3) is 5.23. The van der Waals surface area contributed by atoms with Gasteiger partial charge in [0.1, 0.15) is 0 Å². The molecule has 0 nitrogen and oxygen atoms in total. The van der Waals surface area contributed by atoms with Crippen LogP contribution in [0.15, 0.2) is 84.9 Å². The van der Waals surface area contributed by atoms with Gasteiger partial charge in [-0.1, -0.05) is 148 Å². The second-order valence-corrected chi connectivity index (χ2v) is 9.72. The molecule has 0 fully saturated rings. The van der Waals surface area contributed by atoms with Gasteiger partial charge in [-0.3, -0.25) is 0 Å². The third-order valence-electron chi connectivity index (χ3n) is 6.82. The SMILES string of the molecule is CC.Cc1ccc(C=Cc2ccc3c(c2)C(C)(C)c2cc(C=Cc4ccc(C)cc4)ccc2-3)cc1. The van der Waals surface area contributed by atoms with Crippen LogP contribution in [0.5, 0.6) is 0 Å². The summed E-state index contributed by atoms with van der Waals surface area (Å²) in [5.74, 6) is 0. The molecule has 1 aliphatic carbocycles. The molecular formula is C35H36. The number of aryl methyl sites for hydroxylation is 2. The Morgan fingerprint density at radius 1 is 0.457 bits per heavy atom. The minimum Gasteiger partial charge on any atom is -0.0683 e. The van der Waals surface area contributed by atoms with E-state index in [0.29, 0.717) is 0 Å². The Bertz CT molecular complexity index is 1250. The van der Waals surface area contributed by atoms with Crippen molar-refractivity contribution in [3.8, 4) is 11.1 Å². The van der Waals surface area contributed by atoms with E-state index in [9.17, 15) is 0 Å². The molecule has 0 saturated heterocycles. The van der Waals surface area contributed by atoms with Gasteiger partial charge in [-0.2, -0.15) is 0 Å². The zero-order chi connectivity index (χ0) is 25.0. The summed E-state index contributed by atoms with van der Waals surface area (Å²) in [6, 6.07) is 31.1. The molecule has 0 spiro atoms. The minimum absolute atomic E-state index is 0.0217. The highest BCUT2D eigenvalue weighted by Crippen LogP contribution is 2.49. The molecule has 4 aromatic carbocycles. The highest BCUT2D eigenvalue weighted by Gasteiger charge is 2.35. The van der Waals surface area contributed by atoms with Crippen molar-refractivity contribution in [1.82, 2.24) is 0 Å². The lowest BCUT2D eigenvalue weighted by atomic mass is 9.81. The van der Waals surface area contributed by atoms with Gasteiger partial charge in [-0.25, -0.2) is 0 Å². The maximum absolute atomic E-state index is 2.36. The molecular weight excluding hydrogens is 420 g/mol.